The first kappa shape index (κ1) is 17.3. The van der Waals surface area contributed by atoms with Gasteiger partial charge in [0.15, 0.2) is 0 Å². The third kappa shape index (κ3) is 4.93. The van der Waals surface area contributed by atoms with Crippen molar-refractivity contribution in [2.45, 2.75) is 12.5 Å². The minimum atomic E-state index is -0.356. The number of benzene rings is 1. The van der Waals surface area contributed by atoms with Crippen LogP contribution in [0.2, 0.25) is 0 Å². The maximum Gasteiger partial charge on any atom is 0.334 e. The molecule has 2 rings (SSSR count). The zero-order valence-corrected chi connectivity index (χ0v) is 14.1. The van der Waals surface area contributed by atoms with Crippen molar-refractivity contribution in [1.82, 2.24) is 0 Å². The van der Waals surface area contributed by atoms with E-state index in [4.69, 9.17) is 9.47 Å². The summed E-state index contributed by atoms with van der Waals surface area (Å²) in [5.74, 6) is 0.296. The van der Waals surface area contributed by atoms with Gasteiger partial charge in [-0.25, -0.2) is 4.79 Å². The first-order valence-electron chi connectivity index (χ1n) is 6.49. The molecular weight excluding hydrogens is 334 g/mol. The van der Waals surface area contributed by atoms with Crippen molar-refractivity contribution in [3.8, 4) is 0 Å². The number of carbonyl (C=O) groups is 1. The number of esters is 1. The second-order valence-electron chi connectivity index (χ2n) is 4.84. The number of nitrogens with zero attached hydrogens (tertiary/aromatic N) is 1. The van der Waals surface area contributed by atoms with Gasteiger partial charge in [-0.1, -0.05) is 18.2 Å². The van der Waals surface area contributed by atoms with Crippen molar-refractivity contribution in [3.63, 3.8) is 0 Å². The zero-order chi connectivity index (χ0) is 14.5. The summed E-state index contributed by atoms with van der Waals surface area (Å²) < 4.78 is 10.3. The Morgan fingerprint density at radius 3 is 2.52 bits per heavy atom. The highest BCUT2D eigenvalue weighted by Crippen LogP contribution is 2.19. The number of cyclic esters (lactones) is 1. The lowest BCUT2D eigenvalue weighted by molar-refractivity contribution is -0.142. The average Bonchev–Trinajstić information content (AvgIpc) is 2.45. The summed E-state index contributed by atoms with van der Waals surface area (Å²) in [6.45, 7) is 0. The molecule has 0 fully saturated rings. The Labute approximate surface area is 135 Å². The molecule has 114 valence electrons. The van der Waals surface area contributed by atoms with Crippen LogP contribution in [0.1, 0.15) is 12.0 Å². The highest BCUT2D eigenvalue weighted by molar-refractivity contribution is 8.93. The van der Waals surface area contributed by atoms with Gasteiger partial charge in [-0.15, -0.1) is 17.0 Å². The van der Waals surface area contributed by atoms with E-state index in [1.54, 1.807) is 7.11 Å². The Morgan fingerprint density at radius 1 is 1.29 bits per heavy atom. The Bertz CT molecular complexity index is 535. The van der Waals surface area contributed by atoms with Crippen LogP contribution in [0.5, 0.6) is 0 Å². The van der Waals surface area contributed by atoms with Crippen molar-refractivity contribution in [1.29, 1.82) is 0 Å². The standard InChI is InChI=1S/C16H19NO3.BrH/c1-17(2)13-7-4-12(5-8-13)6-9-14-10-15(19-3)11-16(18)20-14;/h4-9,11,14H,10H2,1-3H3;1H/b9-6+;. The Hall–Kier alpha value is -1.75. The molecule has 0 N–H and O–H groups in total. The van der Waals surface area contributed by atoms with Gasteiger partial charge >= 0.3 is 5.97 Å². The summed E-state index contributed by atoms with van der Waals surface area (Å²) in [7, 11) is 5.57. The summed E-state index contributed by atoms with van der Waals surface area (Å²) in [4.78, 5) is 13.4. The van der Waals surface area contributed by atoms with E-state index in [0.717, 1.165) is 11.3 Å². The van der Waals surface area contributed by atoms with E-state index in [2.05, 4.69) is 0 Å². The van der Waals surface area contributed by atoms with E-state index in [9.17, 15) is 4.79 Å². The monoisotopic (exact) mass is 353 g/mol. The molecule has 0 saturated heterocycles. The third-order valence-electron chi connectivity index (χ3n) is 3.12. The Kier molecular flexibility index (Phi) is 6.49. The number of carbonyl (C=O) groups excluding carboxylic acids is 1. The summed E-state index contributed by atoms with van der Waals surface area (Å²) in [6.07, 6.45) is 5.53. The molecule has 21 heavy (non-hydrogen) atoms. The molecule has 1 aromatic rings. The largest absolute Gasteiger partial charge is 0.501 e. The maximum absolute atomic E-state index is 11.4. The van der Waals surface area contributed by atoms with Gasteiger partial charge in [0.1, 0.15) is 11.9 Å². The summed E-state index contributed by atoms with van der Waals surface area (Å²) >= 11 is 0. The van der Waals surface area contributed by atoms with Crippen LogP contribution in [0.4, 0.5) is 5.69 Å². The molecule has 0 radical (unpaired) electrons. The van der Waals surface area contributed by atoms with E-state index < -0.39 is 0 Å². The molecule has 0 amide bonds. The number of methoxy groups -OCH3 is 1. The van der Waals surface area contributed by atoms with E-state index >= 15 is 0 Å². The molecule has 4 nitrogen and oxygen atoms in total. The summed E-state index contributed by atoms with van der Waals surface area (Å²) in [5.41, 5.74) is 2.22. The molecule has 1 aromatic carbocycles. The molecule has 1 aliphatic heterocycles. The molecule has 0 aromatic heterocycles. The van der Waals surface area contributed by atoms with Gasteiger partial charge in [0.2, 0.25) is 0 Å². The second-order valence-corrected chi connectivity index (χ2v) is 4.84. The molecule has 1 aliphatic rings. The van der Waals surface area contributed by atoms with Crippen LogP contribution in [-0.2, 0) is 14.3 Å². The van der Waals surface area contributed by atoms with E-state index in [1.165, 1.54) is 6.08 Å². The lowest BCUT2D eigenvalue weighted by Crippen LogP contribution is -2.21. The van der Waals surface area contributed by atoms with Crippen LogP contribution in [0, 0.1) is 0 Å². The van der Waals surface area contributed by atoms with Gasteiger partial charge in [-0.3, -0.25) is 0 Å². The SMILES string of the molecule is Br.COC1=CC(=O)OC(/C=C/c2ccc(N(C)C)cc2)C1. The molecule has 0 aliphatic carbocycles. The first-order chi connectivity index (χ1) is 9.58. The minimum Gasteiger partial charge on any atom is -0.501 e. The fourth-order valence-corrected chi connectivity index (χ4v) is 1.97. The lowest BCUT2D eigenvalue weighted by Gasteiger charge is -2.19. The molecule has 0 spiro atoms. The summed E-state index contributed by atoms with van der Waals surface area (Å²) in [5, 5.41) is 0. The topological polar surface area (TPSA) is 38.8 Å². The van der Waals surface area contributed by atoms with Crippen molar-refractivity contribution in [3.05, 3.63) is 47.7 Å². The highest BCUT2D eigenvalue weighted by atomic mass is 79.9. The first-order valence-corrected chi connectivity index (χ1v) is 6.49. The van der Waals surface area contributed by atoms with Gasteiger partial charge in [0, 0.05) is 26.2 Å². The van der Waals surface area contributed by atoms with Crippen molar-refractivity contribution >= 4 is 34.7 Å². The fourth-order valence-electron chi connectivity index (χ4n) is 1.97. The summed E-state index contributed by atoms with van der Waals surface area (Å²) in [6, 6.07) is 8.16. The van der Waals surface area contributed by atoms with Crippen molar-refractivity contribution in [2.75, 3.05) is 26.1 Å². The van der Waals surface area contributed by atoms with Crippen LogP contribution >= 0.6 is 17.0 Å². The number of anilines is 1. The van der Waals surface area contributed by atoms with Crippen molar-refractivity contribution < 1.29 is 14.3 Å². The van der Waals surface area contributed by atoms with Gasteiger partial charge in [0.05, 0.1) is 13.2 Å². The normalized spacial score (nSPS) is 17.8. The van der Waals surface area contributed by atoms with Gasteiger partial charge in [-0.05, 0) is 23.8 Å². The number of hydrogen-bond donors (Lipinski definition) is 0. The maximum atomic E-state index is 11.4. The highest BCUT2D eigenvalue weighted by Gasteiger charge is 2.19. The molecule has 1 unspecified atom stereocenters. The molecule has 0 bridgehead atoms. The van der Waals surface area contributed by atoms with Gasteiger partial charge in [0.25, 0.3) is 0 Å². The minimum absolute atomic E-state index is 0. The fraction of sp³-hybridized carbons (Fsp3) is 0.312. The lowest BCUT2D eigenvalue weighted by atomic mass is 10.1. The van der Waals surface area contributed by atoms with E-state index in [1.807, 2.05) is 55.4 Å². The molecule has 1 atom stereocenters. The number of hydrogen-bond acceptors (Lipinski definition) is 4. The zero-order valence-electron chi connectivity index (χ0n) is 12.4. The van der Waals surface area contributed by atoms with Crippen LogP contribution in [0.25, 0.3) is 6.08 Å². The third-order valence-corrected chi connectivity index (χ3v) is 3.12. The van der Waals surface area contributed by atoms with E-state index in [-0.39, 0.29) is 29.1 Å². The van der Waals surface area contributed by atoms with Crippen LogP contribution in [0.15, 0.2) is 42.2 Å². The molecule has 1 heterocycles. The van der Waals surface area contributed by atoms with Crippen LogP contribution in [0.3, 0.4) is 0 Å². The van der Waals surface area contributed by atoms with Gasteiger partial charge in [-0.2, -0.15) is 0 Å². The number of halogens is 1. The Balaban J connectivity index is 0.00000220. The number of rotatable bonds is 4. The number of ether oxygens (including phenoxy) is 2. The van der Waals surface area contributed by atoms with Crippen molar-refractivity contribution in [2.24, 2.45) is 0 Å². The van der Waals surface area contributed by atoms with Crippen LogP contribution < -0.4 is 4.90 Å². The second kappa shape index (κ2) is 7.88. The molecule has 5 heteroatoms. The average molecular weight is 354 g/mol. The van der Waals surface area contributed by atoms with Gasteiger partial charge < -0.3 is 14.4 Å². The predicted molar refractivity (Wildman–Crippen MR) is 89.7 cm³/mol. The van der Waals surface area contributed by atoms with E-state index in [0.29, 0.717) is 12.2 Å². The predicted octanol–water partition coefficient (Wildman–Crippen LogP) is 3.19. The smallest absolute Gasteiger partial charge is 0.334 e. The molecular formula is C16H20BrNO3. The molecule has 0 saturated carbocycles. The Morgan fingerprint density at radius 2 is 1.95 bits per heavy atom. The quantitative estimate of drug-likeness (QED) is 0.779. The van der Waals surface area contributed by atoms with Crippen LogP contribution in [-0.4, -0.2) is 33.3 Å².